The van der Waals surface area contributed by atoms with Crippen LogP contribution in [0.5, 0.6) is 0 Å². The quantitative estimate of drug-likeness (QED) is 0.806. The van der Waals surface area contributed by atoms with Crippen molar-refractivity contribution >= 4 is 15.8 Å². The van der Waals surface area contributed by atoms with Crippen molar-refractivity contribution in [2.45, 2.75) is 45.1 Å². The topological polar surface area (TPSA) is 71.1 Å². The second-order valence-electron chi connectivity index (χ2n) is 5.06. The van der Waals surface area contributed by atoms with Crippen LogP contribution in [0.4, 0.5) is 5.82 Å². The summed E-state index contributed by atoms with van der Waals surface area (Å²) in [7, 11) is -3.48. The first kappa shape index (κ1) is 15.9. The molecule has 0 aliphatic rings. The molecule has 19 heavy (non-hydrogen) atoms. The zero-order valence-corrected chi connectivity index (χ0v) is 12.8. The number of nitrogens with one attached hydrogen (secondary N) is 2. The summed E-state index contributed by atoms with van der Waals surface area (Å²) in [5, 5.41) is 3.03. The molecule has 5 nitrogen and oxygen atoms in total. The van der Waals surface area contributed by atoms with Gasteiger partial charge < -0.3 is 5.32 Å². The van der Waals surface area contributed by atoms with Gasteiger partial charge in [-0.25, -0.2) is 18.1 Å². The predicted octanol–water partition coefficient (Wildman–Crippen LogP) is 2.23. The first-order valence-corrected chi connectivity index (χ1v) is 8.05. The van der Waals surface area contributed by atoms with Gasteiger partial charge in [-0.1, -0.05) is 13.8 Å². The Kier molecular flexibility index (Phi) is 5.75. The average molecular weight is 285 g/mol. The maximum absolute atomic E-state index is 12.1. The summed E-state index contributed by atoms with van der Waals surface area (Å²) < 4.78 is 26.9. The fourth-order valence-corrected chi connectivity index (χ4v) is 3.11. The second-order valence-corrected chi connectivity index (χ2v) is 6.78. The maximum Gasteiger partial charge on any atom is 0.242 e. The van der Waals surface area contributed by atoms with Gasteiger partial charge in [0.15, 0.2) is 0 Å². The minimum atomic E-state index is -3.48. The number of aromatic nitrogens is 1. The Hall–Kier alpha value is -1.14. The van der Waals surface area contributed by atoms with E-state index in [9.17, 15) is 8.42 Å². The van der Waals surface area contributed by atoms with Gasteiger partial charge in [-0.15, -0.1) is 0 Å². The third-order valence-electron chi connectivity index (χ3n) is 2.59. The zero-order chi connectivity index (χ0) is 14.5. The highest BCUT2D eigenvalue weighted by Gasteiger charge is 2.18. The van der Waals surface area contributed by atoms with E-state index in [1.54, 1.807) is 12.1 Å². The Balaban J connectivity index is 2.76. The van der Waals surface area contributed by atoms with Gasteiger partial charge in [-0.2, -0.15) is 0 Å². The van der Waals surface area contributed by atoms with Crippen LogP contribution in [0, 0.1) is 5.92 Å². The molecule has 0 fully saturated rings. The van der Waals surface area contributed by atoms with Gasteiger partial charge >= 0.3 is 0 Å². The maximum atomic E-state index is 12.1. The highest BCUT2D eigenvalue weighted by atomic mass is 32.2. The van der Waals surface area contributed by atoms with Crippen molar-refractivity contribution in [2.75, 3.05) is 11.9 Å². The summed E-state index contributed by atoms with van der Waals surface area (Å²) in [5.74, 6) is 1.13. The van der Waals surface area contributed by atoms with E-state index in [1.165, 1.54) is 6.20 Å². The lowest BCUT2D eigenvalue weighted by Crippen LogP contribution is -2.33. The third kappa shape index (κ3) is 5.16. The van der Waals surface area contributed by atoms with E-state index in [0.29, 0.717) is 11.7 Å². The molecule has 0 spiro atoms. The van der Waals surface area contributed by atoms with Gasteiger partial charge in [0.1, 0.15) is 10.7 Å². The van der Waals surface area contributed by atoms with E-state index in [0.717, 1.165) is 13.0 Å². The monoisotopic (exact) mass is 285 g/mol. The number of sulfonamides is 1. The van der Waals surface area contributed by atoms with Crippen LogP contribution in [0.1, 0.15) is 34.1 Å². The Bertz CT molecular complexity index is 483. The molecule has 1 aromatic heterocycles. The van der Waals surface area contributed by atoms with Crippen LogP contribution in [-0.2, 0) is 10.0 Å². The van der Waals surface area contributed by atoms with Gasteiger partial charge in [-0.3, -0.25) is 0 Å². The van der Waals surface area contributed by atoms with Crippen molar-refractivity contribution in [3.8, 4) is 0 Å². The molecule has 2 N–H and O–H groups in total. The summed E-state index contributed by atoms with van der Waals surface area (Å²) >= 11 is 0. The molecule has 0 aromatic carbocycles. The highest BCUT2D eigenvalue weighted by Crippen LogP contribution is 2.13. The molecule has 1 heterocycles. The van der Waals surface area contributed by atoms with Gasteiger partial charge in [0.25, 0.3) is 0 Å². The Morgan fingerprint density at radius 1 is 1.26 bits per heavy atom. The van der Waals surface area contributed by atoms with Crippen molar-refractivity contribution < 1.29 is 8.42 Å². The average Bonchev–Trinajstić information content (AvgIpc) is 2.28. The van der Waals surface area contributed by atoms with Crippen molar-refractivity contribution in [1.82, 2.24) is 9.71 Å². The molecule has 1 rings (SSSR count). The van der Waals surface area contributed by atoms with Crippen LogP contribution in [0.25, 0.3) is 0 Å². The van der Waals surface area contributed by atoms with Crippen molar-refractivity contribution in [1.29, 1.82) is 0 Å². The molecule has 6 heteroatoms. The summed E-state index contributed by atoms with van der Waals surface area (Å²) in [5.41, 5.74) is 0. The van der Waals surface area contributed by atoms with Crippen LogP contribution in [0.15, 0.2) is 23.2 Å². The van der Waals surface area contributed by atoms with E-state index in [4.69, 9.17) is 0 Å². The van der Waals surface area contributed by atoms with E-state index in [-0.39, 0.29) is 10.9 Å². The third-order valence-corrected chi connectivity index (χ3v) is 4.16. The summed E-state index contributed by atoms with van der Waals surface area (Å²) in [6, 6.07) is 3.15. The fraction of sp³-hybridized carbons (Fsp3) is 0.615. The molecule has 0 saturated heterocycles. The SMILES string of the molecule is CCNc1ccc(S(=O)(=O)NC(C)CC(C)C)cn1. The lowest BCUT2D eigenvalue weighted by molar-refractivity contribution is 0.482. The lowest BCUT2D eigenvalue weighted by Gasteiger charge is -2.16. The molecular formula is C13H23N3O2S. The van der Waals surface area contributed by atoms with Gasteiger partial charge in [0.2, 0.25) is 10.0 Å². The van der Waals surface area contributed by atoms with Crippen molar-refractivity contribution in [3.05, 3.63) is 18.3 Å². The molecule has 1 aromatic rings. The number of rotatable bonds is 7. The van der Waals surface area contributed by atoms with Crippen LogP contribution in [0.3, 0.4) is 0 Å². The van der Waals surface area contributed by atoms with E-state index < -0.39 is 10.0 Å². The van der Waals surface area contributed by atoms with Gasteiger partial charge in [-0.05, 0) is 38.3 Å². The van der Waals surface area contributed by atoms with Crippen LogP contribution in [0.2, 0.25) is 0 Å². The van der Waals surface area contributed by atoms with Gasteiger partial charge in [0.05, 0.1) is 0 Å². The predicted molar refractivity (Wildman–Crippen MR) is 77.6 cm³/mol. The zero-order valence-electron chi connectivity index (χ0n) is 12.0. The van der Waals surface area contributed by atoms with E-state index in [2.05, 4.69) is 28.9 Å². The number of hydrogen-bond acceptors (Lipinski definition) is 4. The fourth-order valence-electron chi connectivity index (χ4n) is 1.91. The summed E-state index contributed by atoms with van der Waals surface area (Å²) in [6.45, 7) is 8.72. The smallest absolute Gasteiger partial charge is 0.242 e. The highest BCUT2D eigenvalue weighted by molar-refractivity contribution is 7.89. The van der Waals surface area contributed by atoms with Crippen molar-refractivity contribution in [3.63, 3.8) is 0 Å². The molecule has 0 radical (unpaired) electrons. The Morgan fingerprint density at radius 3 is 2.42 bits per heavy atom. The minimum absolute atomic E-state index is 0.0848. The largest absolute Gasteiger partial charge is 0.370 e. The number of nitrogens with zero attached hydrogens (tertiary/aromatic N) is 1. The minimum Gasteiger partial charge on any atom is -0.370 e. The summed E-state index contributed by atoms with van der Waals surface area (Å²) in [4.78, 5) is 4.27. The normalized spacial score (nSPS) is 13.5. The summed E-state index contributed by atoms with van der Waals surface area (Å²) in [6.07, 6.45) is 2.19. The molecule has 0 saturated carbocycles. The molecule has 0 amide bonds. The Labute approximate surface area is 115 Å². The molecule has 0 aliphatic heterocycles. The molecule has 0 bridgehead atoms. The second kappa shape index (κ2) is 6.86. The van der Waals surface area contributed by atoms with Crippen LogP contribution >= 0.6 is 0 Å². The Morgan fingerprint density at radius 2 is 1.95 bits per heavy atom. The first-order chi connectivity index (χ1) is 8.85. The van der Waals surface area contributed by atoms with Gasteiger partial charge in [0, 0.05) is 18.8 Å². The number of anilines is 1. The number of hydrogen-bond donors (Lipinski definition) is 2. The molecule has 108 valence electrons. The van der Waals surface area contributed by atoms with E-state index in [1.807, 2.05) is 13.8 Å². The molecule has 1 atom stereocenters. The lowest BCUT2D eigenvalue weighted by atomic mass is 10.1. The van der Waals surface area contributed by atoms with Crippen molar-refractivity contribution in [2.24, 2.45) is 5.92 Å². The standard InChI is InChI=1S/C13H23N3O2S/c1-5-14-13-7-6-12(9-15-13)19(17,18)16-11(4)8-10(2)3/h6-7,9-11,16H,5,8H2,1-4H3,(H,14,15). The number of pyridine rings is 1. The van der Waals surface area contributed by atoms with Crippen LogP contribution < -0.4 is 10.0 Å². The van der Waals surface area contributed by atoms with E-state index >= 15 is 0 Å². The van der Waals surface area contributed by atoms with Crippen LogP contribution in [-0.4, -0.2) is 26.0 Å². The molecule has 1 unspecified atom stereocenters. The molecular weight excluding hydrogens is 262 g/mol. The first-order valence-electron chi connectivity index (χ1n) is 6.57. The molecule has 0 aliphatic carbocycles.